The lowest BCUT2D eigenvalue weighted by Crippen LogP contribution is -2.38. The minimum Gasteiger partial charge on any atom is -0.343 e. The molecule has 1 rings (SSSR count). The van der Waals surface area contributed by atoms with E-state index in [4.69, 9.17) is 0 Å². The lowest BCUT2D eigenvalue weighted by Gasteiger charge is -2.29. The van der Waals surface area contributed by atoms with Crippen molar-refractivity contribution in [3.63, 3.8) is 0 Å². The van der Waals surface area contributed by atoms with Crippen molar-refractivity contribution in [2.75, 3.05) is 13.1 Å². The van der Waals surface area contributed by atoms with Crippen LogP contribution in [0.25, 0.3) is 0 Å². The molecule has 0 saturated heterocycles. The van der Waals surface area contributed by atoms with Gasteiger partial charge in [0.2, 0.25) is 5.91 Å². The second-order valence-electron chi connectivity index (χ2n) is 4.04. The number of allylic oxidation sites excluding steroid dienone is 2. The topological polar surface area (TPSA) is 20.3 Å². The summed E-state index contributed by atoms with van der Waals surface area (Å²) in [5.41, 5.74) is 0. The van der Waals surface area contributed by atoms with Gasteiger partial charge in [0.15, 0.2) is 0 Å². The molecule has 1 aliphatic carbocycles. The smallest absolute Gasteiger partial charge is 0.226 e. The molecule has 0 saturated carbocycles. The SMILES string of the molecule is CCN(CC)C(=O)C1CC=CCC1C. The first kappa shape index (κ1) is 11.3. The van der Waals surface area contributed by atoms with Crippen LogP contribution in [0.15, 0.2) is 12.2 Å². The largest absolute Gasteiger partial charge is 0.343 e. The van der Waals surface area contributed by atoms with E-state index in [1.165, 1.54) is 0 Å². The van der Waals surface area contributed by atoms with Gasteiger partial charge < -0.3 is 4.90 Å². The van der Waals surface area contributed by atoms with Crippen LogP contribution in [0.5, 0.6) is 0 Å². The molecule has 0 N–H and O–H groups in total. The molecule has 2 heteroatoms. The highest BCUT2D eigenvalue weighted by atomic mass is 16.2. The highest BCUT2D eigenvalue weighted by Crippen LogP contribution is 2.26. The van der Waals surface area contributed by atoms with E-state index in [9.17, 15) is 4.79 Å². The normalized spacial score (nSPS) is 26.2. The molecule has 0 radical (unpaired) electrons. The minimum atomic E-state index is 0.222. The van der Waals surface area contributed by atoms with E-state index in [-0.39, 0.29) is 5.92 Å². The molecule has 0 bridgehead atoms. The number of amides is 1. The van der Waals surface area contributed by atoms with Gasteiger partial charge in [-0.05, 0) is 32.6 Å². The lowest BCUT2D eigenvalue weighted by molar-refractivity contribution is -0.136. The third kappa shape index (κ3) is 2.37. The molecular weight excluding hydrogens is 174 g/mol. The molecule has 0 aliphatic heterocycles. The van der Waals surface area contributed by atoms with Crippen LogP contribution < -0.4 is 0 Å². The molecule has 14 heavy (non-hydrogen) atoms. The summed E-state index contributed by atoms with van der Waals surface area (Å²) >= 11 is 0. The van der Waals surface area contributed by atoms with Crippen LogP contribution in [0.3, 0.4) is 0 Å². The molecule has 2 atom stereocenters. The van der Waals surface area contributed by atoms with Crippen molar-refractivity contribution in [1.82, 2.24) is 4.90 Å². The van der Waals surface area contributed by atoms with Crippen molar-refractivity contribution in [3.8, 4) is 0 Å². The van der Waals surface area contributed by atoms with E-state index >= 15 is 0 Å². The third-order valence-electron chi connectivity index (χ3n) is 3.14. The van der Waals surface area contributed by atoms with Crippen LogP contribution in [0.4, 0.5) is 0 Å². The van der Waals surface area contributed by atoms with E-state index in [0.717, 1.165) is 25.9 Å². The highest BCUT2D eigenvalue weighted by Gasteiger charge is 2.27. The predicted molar refractivity (Wildman–Crippen MR) is 59.0 cm³/mol. The zero-order chi connectivity index (χ0) is 10.6. The van der Waals surface area contributed by atoms with Gasteiger partial charge in [-0.2, -0.15) is 0 Å². The summed E-state index contributed by atoms with van der Waals surface area (Å²) < 4.78 is 0. The third-order valence-corrected chi connectivity index (χ3v) is 3.14. The van der Waals surface area contributed by atoms with Gasteiger partial charge >= 0.3 is 0 Å². The summed E-state index contributed by atoms with van der Waals surface area (Å²) in [5, 5.41) is 0. The Bertz CT molecular complexity index is 218. The van der Waals surface area contributed by atoms with Crippen LogP contribution >= 0.6 is 0 Å². The van der Waals surface area contributed by atoms with Crippen molar-refractivity contribution in [1.29, 1.82) is 0 Å². The number of hydrogen-bond acceptors (Lipinski definition) is 1. The van der Waals surface area contributed by atoms with Gasteiger partial charge in [-0.1, -0.05) is 19.1 Å². The number of nitrogens with zero attached hydrogens (tertiary/aromatic N) is 1. The first-order chi connectivity index (χ1) is 6.70. The molecule has 2 nitrogen and oxygen atoms in total. The molecule has 0 aromatic heterocycles. The number of carbonyl (C=O) groups is 1. The summed E-state index contributed by atoms with van der Waals surface area (Å²) in [7, 11) is 0. The maximum atomic E-state index is 12.1. The lowest BCUT2D eigenvalue weighted by atomic mass is 9.83. The first-order valence-electron chi connectivity index (χ1n) is 5.64. The Morgan fingerprint density at radius 2 is 1.86 bits per heavy atom. The van der Waals surface area contributed by atoms with Crippen molar-refractivity contribution in [3.05, 3.63) is 12.2 Å². The second-order valence-corrected chi connectivity index (χ2v) is 4.04. The van der Waals surface area contributed by atoms with Crippen LogP contribution in [-0.4, -0.2) is 23.9 Å². The zero-order valence-electron chi connectivity index (χ0n) is 9.49. The average molecular weight is 195 g/mol. The zero-order valence-corrected chi connectivity index (χ0v) is 9.49. The maximum Gasteiger partial charge on any atom is 0.226 e. The molecule has 2 unspecified atom stereocenters. The van der Waals surface area contributed by atoms with Crippen LogP contribution in [0.2, 0.25) is 0 Å². The predicted octanol–water partition coefficient (Wildman–Crippen LogP) is 2.46. The fourth-order valence-electron chi connectivity index (χ4n) is 2.06. The number of hydrogen-bond donors (Lipinski definition) is 0. The Morgan fingerprint density at radius 1 is 1.29 bits per heavy atom. The van der Waals surface area contributed by atoms with Crippen LogP contribution in [-0.2, 0) is 4.79 Å². The van der Waals surface area contributed by atoms with Crippen molar-refractivity contribution in [2.24, 2.45) is 11.8 Å². The summed E-state index contributed by atoms with van der Waals surface area (Å²) in [5.74, 6) is 1.07. The molecule has 0 heterocycles. The summed E-state index contributed by atoms with van der Waals surface area (Å²) in [6, 6.07) is 0. The Morgan fingerprint density at radius 3 is 2.36 bits per heavy atom. The molecule has 1 amide bonds. The molecule has 1 aliphatic rings. The van der Waals surface area contributed by atoms with Gasteiger partial charge in [0.25, 0.3) is 0 Å². The molecule has 80 valence electrons. The second kappa shape index (κ2) is 5.18. The number of rotatable bonds is 3. The van der Waals surface area contributed by atoms with Gasteiger partial charge in [-0.3, -0.25) is 4.79 Å². The molecular formula is C12H21NO. The van der Waals surface area contributed by atoms with Crippen LogP contribution in [0.1, 0.15) is 33.6 Å². The van der Waals surface area contributed by atoms with E-state index < -0.39 is 0 Å². The van der Waals surface area contributed by atoms with E-state index in [2.05, 4.69) is 19.1 Å². The van der Waals surface area contributed by atoms with E-state index in [1.807, 2.05) is 18.7 Å². The molecule has 0 aromatic carbocycles. The Hall–Kier alpha value is -0.790. The summed E-state index contributed by atoms with van der Waals surface area (Å²) in [6.07, 6.45) is 6.32. The van der Waals surface area contributed by atoms with Crippen molar-refractivity contribution < 1.29 is 4.79 Å². The van der Waals surface area contributed by atoms with Crippen molar-refractivity contribution >= 4 is 5.91 Å². The molecule has 0 aromatic rings. The van der Waals surface area contributed by atoms with Crippen molar-refractivity contribution in [2.45, 2.75) is 33.6 Å². The van der Waals surface area contributed by atoms with Gasteiger partial charge in [0.1, 0.15) is 0 Å². The Labute approximate surface area is 87.0 Å². The maximum absolute atomic E-state index is 12.1. The standard InChI is InChI=1S/C12H21NO/c1-4-13(5-2)12(14)11-9-7-6-8-10(11)3/h6-7,10-11H,4-5,8-9H2,1-3H3. The number of carbonyl (C=O) groups excluding carboxylic acids is 1. The van der Waals surface area contributed by atoms with Gasteiger partial charge in [-0.25, -0.2) is 0 Å². The average Bonchev–Trinajstić information content (AvgIpc) is 2.20. The van der Waals surface area contributed by atoms with E-state index in [0.29, 0.717) is 11.8 Å². The van der Waals surface area contributed by atoms with E-state index in [1.54, 1.807) is 0 Å². The van der Waals surface area contributed by atoms with Gasteiger partial charge in [0.05, 0.1) is 0 Å². The molecule has 0 spiro atoms. The highest BCUT2D eigenvalue weighted by molar-refractivity contribution is 5.79. The Balaban J connectivity index is 2.62. The fourth-order valence-corrected chi connectivity index (χ4v) is 2.06. The fraction of sp³-hybridized carbons (Fsp3) is 0.750. The monoisotopic (exact) mass is 195 g/mol. The van der Waals surface area contributed by atoms with Gasteiger partial charge in [-0.15, -0.1) is 0 Å². The minimum absolute atomic E-state index is 0.222. The first-order valence-corrected chi connectivity index (χ1v) is 5.64. The quantitative estimate of drug-likeness (QED) is 0.633. The molecule has 0 fully saturated rings. The van der Waals surface area contributed by atoms with Gasteiger partial charge in [0, 0.05) is 19.0 Å². The summed E-state index contributed by atoms with van der Waals surface area (Å²) in [4.78, 5) is 14.0. The van der Waals surface area contributed by atoms with Crippen LogP contribution in [0, 0.1) is 11.8 Å². The summed E-state index contributed by atoms with van der Waals surface area (Å²) in [6.45, 7) is 7.94. The Kier molecular flexibility index (Phi) is 4.18.